The number of fused-ring (bicyclic) bond motifs is 1. The molecule has 0 atom stereocenters. The Morgan fingerprint density at radius 2 is 1.97 bits per heavy atom. The zero-order valence-corrected chi connectivity index (χ0v) is 17.7. The molecule has 1 N–H and O–H groups in total. The number of pyridine rings is 1. The monoisotopic (exact) mass is 395 g/mol. The van der Waals surface area contributed by atoms with Crippen molar-refractivity contribution in [2.75, 3.05) is 18.5 Å². The molecule has 0 spiro atoms. The SMILES string of the molecule is CCCCCCc1ccc2nc(N(C)CC(=O)O)cc(-c3c(C)noc3C)c2c1. The van der Waals surface area contributed by atoms with Crippen molar-refractivity contribution in [3.63, 3.8) is 0 Å². The number of aromatic nitrogens is 2. The van der Waals surface area contributed by atoms with Crippen molar-refractivity contribution < 1.29 is 14.4 Å². The molecule has 0 bridgehead atoms. The lowest BCUT2D eigenvalue weighted by Crippen LogP contribution is -2.26. The van der Waals surface area contributed by atoms with Gasteiger partial charge in [-0.3, -0.25) is 4.79 Å². The second-order valence-corrected chi connectivity index (χ2v) is 7.64. The summed E-state index contributed by atoms with van der Waals surface area (Å²) >= 11 is 0. The fourth-order valence-corrected chi connectivity index (χ4v) is 3.72. The van der Waals surface area contributed by atoms with Gasteiger partial charge in [-0.2, -0.15) is 0 Å². The van der Waals surface area contributed by atoms with Crippen LogP contribution in [0.5, 0.6) is 0 Å². The van der Waals surface area contributed by atoms with Gasteiger partial charge in [0.1, 0.15) is 18.1 Å². The largest absolute Gasteiger partial charge is 0.480 e. The molecular formula is C23H29N3O3. The van der Waals surface area contributed by atoms with E-state index in [1.165, 1.54) is 31.2 Å². The van der Waals surface area contributed by atoms with Crippen LogP contribution in [-0.4, -0.2) is 34.8 Å². The molecule has 0 saturated carbocycles. The van der Waals surface area contributed by atoms with E-state index in [2.05, 4.69) is 24.2 Å². The average Bonchev–Trinajstić information content (AvgIpc) is 3.02. The number of benzene rings is 1. The Labute approximate surface area is 171 Å². The van der Waals surface area contributed by atoms with E-state index in [1.807, 2.05) is 26.0 Å². The molecule has 29 heavy (non-hydrogen) atoms. The van der Waals surface area contributed by atoms with Crippen molar-refractivity contribution >= 4 is 22.7 Å². The van der Waals surface area contributed by atoms with Crippen LogP contribution >= 0.6 is 0 Å². The van der Waals surface area contributed by atoms with E-state index in [1.54, 1.807) is 11.9 Å². The molecule has 6 heteroatoms. The molecule has 0 saturated heterocycles. The molecule has 6 nitrogen and oxygen atoms in total. The van der Waals surface area contributed by atoms with Gasteiger partial charge in [0, 0.05) is 23.6 Å². The summed E-state index contributed by atoms with van der Waals surface area (Å²) in [6.07, 6.45) is 5.94. The molecule has 3 rings (SSSR count). The highest BCUT2D eigenvalue weighted by Gasteiger charge is 2.18. The maximum Gasteiger partial charge on any atom is 0.323 e. The Hall–Kier alpha value is -2.89. The fraction of sp³-hybridized carbons (Fsp3) is 0.435. The van der Waals surface area contributed by atoms with Gasteiger partial charge in [0.15, 0.2) is 0 Å². The van der Waals surface area contributed by atoms with E-state index in [4.69, 9.17) is 14.6 Å². The standard InChI is InChI=1S/C23H29N3O3/c1-5-6-7-8-9-17-10-11-20-18(12-17)19(23-15(2)25-29-16(23)3)13-21(24-20)26(4)14-22(27)28/h10-13H,5-9,14H2,1-4H3,(H,27,28). The summed E-state index contributed by atoms with van der Waals surface area (Å²) in [5.41, 5.74) is 4.87. The van der Waals surface area contributed by atoms with Gasteiger partial charge in [0.05, 0.1) is 11.2 Å². The molecule has 0 amide bonds. The number of likely N-dealkylation sites (N-methyl/N-ethyl adjacent to an activating group) is 1. The predicted octanol–water partition coefficient (Wildman–Crippen LogP) is 5.15. The summed E-state index contributed by atoms with van der Waals surface area (Å²) in [6.45, 7) is 5.93. The number of hydrogen-bond acceptors (Lipinski definition) is 5. The highest BCUT2D eigenvalue weighted by Crippen LogP contribution is 2.35. The van der Waals surface area contributed by atoms with Crippen LogP contribution in [0.4, 0.5) is 5.82 Å². The Kier molecular flexibility index (Phi) is 6.52. The zero-order valence-electron chi connectivity index (χ0n) is 17.7. The van der Waals surface area contributed by atoms with Gasteiger partial charge in [-0.25, -0.2) is 4.98 Å². The average molecular weight is 396 g/mol. The third-order valence-electron chi connectivity index (χ3n) is 5.24. The number of carboxylic acids is 1. The van der Waals surface area contributed by atoms with Crippen LogP contribution in [0.2, 0.25) is 0 Å². The number of anilines is 1. The van der Waals surface area contributed by atoms with Crippen molar-refractivity contribution in [3.8, 4) is 11.1 Å². The number of nitrogens with zero attached hydrogens (tertiary/aromatic N) is 3. The first-order valence-electron chi connectivity index (χ1n) is 10.2. The first-order valence-corrected chi connectivity index (χ1v) is 10.2. The topological polar surface area (TPSA) is 79.5 Å². The number of rotatable bonds is 9. The van der Waals surface area contributed by atoms with Gasteiger partial charge in [0.2, 0.25) is 0 Å². The number of hydrogen-bond donors (Lipinski definition) is 1. The first kappa shape index (κ1) is 20.8. The van der Waals surface area contributed by atoms with Crippen molar-refractivity contribution in [1.82, 2.24) is 10.1 Å². The van der Waals surface area contributed by atoms with Crippen LogP contribution in [0, 0.1) is 13.8 Å². The van der Waals surface area contributed by atoms with Crippen molar-refractivity contribution in [1.29, 1.82) is 0 Å². The Morgan fingerprint density at radius 3 is 2.62 bits per heavy atom. The zero-order chi connectivity index (χ0) is 21.0. The van der Waals surface area contributed by atoms with E-state index in [-0.39, 0.29) is 6.54 Å². The summed E-state index contributed by atoms with van der Waals surface area (Å²) in [6, 6.07) is 8.30. The lowest BCUT2D eigenvalue weighted by Gasteiger charge is -2.18. The maximum absolute atomic E-state index is 11.2. The molecule has 0 aliphatic heterocycles. The predicted molar refractivity (Wildman–Crippen MR) is 115 cm³/mol. The maximum atomic E-state index is 11.2. The summed E-state index contributed by atoms with van der Waals surface area (Å²) in [7, 11) is 1.74. The molecule has 0 radical (unpaired) electrons. The minimum Gasteiger partial charge on any atom is -0.480 e. The summed E-state index contributed by atoms with van der Waals surface area (Å²) in [4.78, 5) is 17.5. The van der Waals surface area contributed by atoms with E-state index >= 15 is 0 Å². The van der Waals surface area contributed by atoms with Crippen LogP contribution in [0.25, 0.3) is 22.0 Å². The Balaban J connectivity index is 2.09. The van der Waals surface area contributed by atoms with Gasteiger partial charge >= 0.3 is 5.97 Å². The first-order chi connectivity index (χ1) is 13.9. The molecule has 154 valence electrons. The van der Waals surface area contributed by atoms with Gasteiger partial charge in [-0.1, -0.05) is 37.4 Å². The quantitative estimate of drug-likeness (QED) is 0.505. The van der Waals surface area contributed by atoms with E-state index in [0.29, 0.717) is 5.82 Å². The summed E-state index contributed by atoms with van der Waals surface area (Å²) in [5.74, 6) is 0.469. The minimum absolute atomic E-state index is 0.116. The summed E-state index contributed by atoms with van der Waals surface area (Å²) < 4.78 is 5.41. The van der Waals surface area contributed by atoms with Crippen molar-refractivity contribution in [2.45, 2.75) is 52.9 Å². The second-order valence-electron chi connectivity index (χ2n) is 7.64. The highest BCUT2D eigenvalue weighted by atomic mass is 16.5. The number of carboxylic acid groups (broad SMARTS) is 1. The van der Waals surface area contributed by atoms with E-state index in [9.17, 15) is 4.79 Å². The van der Waals surface area contributed by atoms with Gasteiger partial charge in [0.25, 0.3) is 0 Å². The number of carbonyl (C=O) groups is 1. The third-order valence-corrected chi connectivity index (χ3v) is 5.24. The Morgan fingerprint density at radius 1 is 1.17 bits per heavy atom. The third kappa shape index (κ3) is 4.75. The van der Waals surface area contributed by atoms with Gasteiger partial charge < -0.3 is 14.5 Å². The highest BCUT2D eigenvalue weighted by molar-refractivity contribution is 5.97. The molecule has 2 aromatic heterocycles. The second kappa shape index (κ2) is 9.07. The Bertz CT molecular complexity index is 991. The number of unbranched alkanes of at least 4 members (excludes halogenated alkanes) is 3. The summed E-state index contributed by atoms with van der Waals surface area (Å²) in [5, 5.41) is 14.3. The van der Waals surface area contributed by atoms with Crippen LogP contribution in [0.1, 0.15) is 49.6 Å². The van der Waals surface area contributed by atoms with Crippen molar-refractivity contribution in [2.24, 2.45) is 0 Å². The molecule has 0 unspecified atom stereocenters. The van der Waals surface area contributed by atoms with Crippen LogP contribution in [-0.2, 0) is 11.2 Å². The van der Waals surface area contributed by atoms with Crippen LogP contribution in [0.15, 0.2) is 28.8 Å². The number of aliphatic carboxylic acids is 1. The molecular weight excluding hydrogens is 366 g/mol. The minimum atomic E-state index is -0.893. The lowest BCUT2D eigenvalue weighted by molar-refractivity contribution is -0.135. The molecule has 0 fully saturated rings. The van der Waals surface area contributed by atoms with E-state index < -0.39 is 5.97 Å². The van der Waals surface area contributed by atoms with Gasteiger partial charge in [-0.05, 0) is 50.5 Å². The molecule has 0 aliphatic rings. The lowest BCUT2D eigenvalue weighted by atomic mass is 9.96. The van der Waals surface area contributed by atoms with E-state index in [0.717, 1.165) is 39.9 Å². The molecule has 3 aromatic rings. The number of aryl methyl sites for hydroxylation is 3. The normalized spacial score (nSPS) is 11.2. The van der Waals surface area contributed by atoms with Crippen LogP contribution in [0.3, 0.4) is 0 Å². The van der Waals surface area contributed by atoms with Crippen molar-refractivity contribution in [3.05, 3.63) is 41.3 Å². The molecule has 0 aliphatic carbocycles. The molecule has 2 heterocycles. The van der Waals surface area contributed by atoms with Gasteiger partial charge in [-0.15, -0.1) is 0 Å². The molecule has 1 aromatic carbocycles. The van der Waals surface area contributed by atoms with Crippen LogP contribution < -0.4 is 4.90 Å². The fourth-order valence-electron chi connectivity index (χ4n) is 3.72. The smallest absolute Gasteiger partial charge is 0.323 e.